The molecule has 0 bridgehead atoms. The van der Waals surface area contributed by atoms with Crippen molar-refractivity contribution in [2.45, 2.75) is 46.5 Å². The van der Waals surface area contributed by atoms with E-state index < -0.39 is 22.8 Å². The SMILES string of the molecule is C[C](C)=[Zr+2][c]1c2c(cc(C(C)C)c1C1=CC=CC1)-c1ccccc1C2.[Cl-].[Cl-]. The van der Waals surface area contributed by atoms with E-state index in [1.807, 2.05) is 0 Å². The zero-order valence-corrected chi connectivity index (χ0v) is 20.3. The fourth-order valence-corrected chi connectivity index (χ4v) is 7.32. The van der Waals surface area contributed by atoms with Crippen LogP contribution in [0.5, 0.6) is 0 Å². The third-order valence-electron chi connectivity index (χ3n) is 5.23. The van der Waals surface area contributed by atoms with Crippen molar-refractivity contribution in [1.29, 1.82) is 0 Å². The Labute approximate surface area is 187 Å². The molecular formula is C24H25Cl2Zr. The van der Waals surface area contributed by atoms with Gasteiger partial charge in [-0.3, -0.25) is 0 Å². The minimum atomic E-state index is -0.710. The van der Waals surface area contributed by atoms with Crippen LogP contribution < -0.4 is 28.1 Å². The molecule has 0 saturated carbocycles. The van der Waals surface area contributed by atoms with Crippen LogP contribution >= 0.6 is 0 Å². The van der Waals surface area contributed by atoms with Gasteiger partial charge in [0, 0.05) is 0 Å². The average molecular weight is 476 g/mol. The van der Waals surface area contributed by atoms with E-state index in [1.165, 1.54) is 16.7 Å². The van der Waals surface area contributed by atoms with Gasteiger partial charge in [0.25, 0.3) is 0 Å². The monoisotopic (exact) mass is 473 g/mol. The number of allylic oxidation sites excluding steroid dienone is 4. The molecule has 0 heterocycles. The van der Waals surface area contributed by atoms with Gasteiger partial charge < -0.3 is 24.8 Å². The molecule has 0 radical (unpaired) electrons. The third-order valence-corrected chi connectivity index (χ3v) is 8.43. The van der Waals surface area contributed by atoms with Crippen molar-refractivity contribution in [2.75, 3.05) is 0 Å². The van der Waals surface area contributed by atoms with Gasteiger partial charge in [0.05, 0.1) is 0 Å². The topological polar surface area (TPSA) is 0 Å². The molecule has 0 fully saturated rings. The van der Waals surface area contributed by atoms with Gasteiger partial charge >= 0.3 is 163 Å². The van der Waals surface area contributed by atoms with Crippen LogP contribution in [0.3, 0.4) is 0 Å². The molecule has 2 aromatic carbocycles. The number of benzene rings is 2. The first kappa shape index (κ1) is 22.5. The van der Waals surface area contributed by atoms with E-state index in [0.29, 0.717) is 5.92 Å². The zero-order valence-electron chi connectivity index (χ0n) is 16.4. The number of hydrogen-bond donors (Lipinski definition) is 0. The molecule has 0 saturated heterocycles. The van der Waals surface area contributed by atoms with Crippen LogP contribution in [0.2, 0.25) is 0 Å². The summed E-state index contributed by atoms with van der Waals surface area (Å²) < 4.78 is 3.41. The van der Waals surface area contributed by atoms with Gasteiger partial charge in [0.1, 0.15) is 0 Å². The van der Waals surface area contributed by atoms with Crippen molar-refractivity contribution < 1.29 is 47.6 Å². The van der Waals surface area contributed by atoms with Crippen molar-refractivity contribution in [3.8, 4) is 11.1 Å². The van der Waals surface area contributed by atoms with Crippen molar-refractivity contribution >= 4 is 12.1 Å². The number of fused-ring (bicyclic) bond motifs is 3. The molecule has 139 valence electrons. The molecule has 2 aliphatic rings. The summed E-state index contributed by atoms with van der Waals surface area (Å²) >= 11 is -0.710. The van der Waals surface area contributed by atoms with Gasteiger partial charge in [0.15, 0.2) is 0 Å². The van der Waals surface area contributed by atoms with Gasteiger partial charge in [-0.2, -0.15) is 0 Å². The first-order chi connectivity index (χ1) is 12.1. The molecule has 0 aromatic heterocycles. The Kier molecular flexibility index (Phi) is 7.65. The fourth-order valence-electron chi connectivity index (χ4n) is 4.12. The number of halogens is 2. The third kappa shape index (κ3) is 4.17. The summed E-state index contributed by atoms with van der Waals surface area (Å²) in [5, 5.41) is 0. The van der Waals surface area contributed by atoms with E-state index in [4.69, 9.17) is 0 Å². The second-order valence-electron chi connectivity index (χ2n) is 7.68. The maximum atomic E-state index is 2.52. The summed E-state index contributed by atoms with van der Waals surface area (Å²) in [5.74, 6) is 0.560. The predicted octanol–water partition coefficient (Wildman–Crippen LogP) is -0.347. The fraction of sp³-hybridized carbons (Fsp3) is 0.292. The van der Waals surface area contributed by atoms with Crippen LogP contribution in [-0.4, -0.2) is 3.21 Å². The van der Waals surface area contributed by atoms with Gasteiger partial charge in [-0.15, -0.1) is 0 Å². The molecule has 27 heavy (non-hydrogen) atoms. The molecule has 0 amide bonds. The second-order valence-corrected chi connectivity index (χ2v) is 12.0. The van der Waals surface area contributed by atoms with Crippen LogP contribution in [0.15, 0.2) is 48.6 Å². The first-order valence-corrected chi connectivity index (χ1v) is 11.7. The quantitative estimate of drug-likeness (QED) is 0.486. The smallest absolute Gasteiger partial charge is 1.00 e. The molecule has 0 aliphatic heterocycles. The Bertz CT molecular complexity index is 945. The molecule has 2 aromatic rings. The molecule has 2 aliphatic carbocycles. The van der Waals surface area contributed by atoms with Gasteiger partial charge in [-0.05, 0) is 0 Å². The summed E-state index contributed by atoms with van der Waals surface area (Å²) in [6.45, 7) is 9.39. The summed E-state index contributed by atoms with van der Waals surface area (Å²) in [4.78, 5) is 0. The first-order valence-electron chi connectivity index (χ1n) is 9.27. The van der Waals surface area contributed by atoms with E-state index in [2.05, 4.69) is 76.3 Å². The molecular weight excluding hydrogens is 450 g/mol. The van der Waals surface area contributed by atoms with E-state index in [-0.39, 0.29) is 24.8 Å². The van der Waals surface area contributed by atoms with E-state index in [9.17, 15) is 0 Å². The Balaban J connectivity index is 0.00000131. The average Bonchev–Trinajstić information content (AvgIpc) is 3.21. The maximum Gasteiger partial charge on any atom is -1.00 e. The van der Waals surface area contributed by atoms with Crippen molar-refractivity contribution in [3.05, 3.63) is 70.8 Å². The summed E-state index contributed by atoms with van der Waals surface area (Å²) in [7, 11) is 0. The Morgan fingerprint density at radius 2 is 1.78 bits per heavy atom. The van der Waals surface area contributed by atoms with Crippen LogP contribution in [-0.2, 0) is 29.2 Å². The zero-order chi connectivity index (χ0) is 17.6. The number of hydrogen-bond acceptors (Lipinski definition) is 0. The molecule has 4 rings (SSSR count). The van der Waals surface area contributed by atoms with E-state index in [1.54, 1.807) is 28.7 Å². The summed E-state index contributed by atoms with van der Waals surface area (Å²) in [6, 6.07) is 11.5. The molecule has 0 N–H and O–H groups in total. The van der Waals surface area contributed by atoms with Crippen LogP contribution in [0.1, 0.15) is 62.3 Å². The Morgan fingerprint density at radius 1 is 1.04 bits per heavy atom. The molecule has 0 unspecified atom stereocenters. The van der Waals surface area contributed by atoms with Crippen LogP contribution in [0, 0.1) is 0 Å². The molecule has 3 heteroatoms. The van der Waals surface area contributed by atoms with Gasteiger partial charge in [0.2, 0.25) is 0 Å². The Morgan fingerprint density at radius 3 is 2.41 bits per heavy atom. The molecule has 0 spiro atoms. The van der Waals surface area contributed by atoms with Crippen molar-refractivity contribution in [1.82, 2.24) is 0 Å². The minimum Gasteiger partial charge on any atom is -1.00 e. The largest absolute Gasteiger partial charge is 1.00 e. The van der Waals surface area contributed by atoms with Crippen LogP contribution in [0.4, 0.5) is 0 Å². The predicted molar refractivity (Wildman–Crippen MR) is 106 cm³/mol. The number of rotatable bonds is 3. The van der Waals surface area contributed by atoms with Crippen molar-refractivity contribution in [3.63, 3.8) is 0 Å². The van der Waals surface area contributed by atoms with Gasteiger partial charge in [-0.1, -0.05) is 0 Å². The molecule has 0 nitrogen and oxygen atoms in total. The summed E-state index contributed by atoms with van der Waals surface area (Å²) in [5.41, 5.74) is 10.9. The standard InChI is InChI=1S/C21H19.C3H6.2ClH.Zr/c1-14(2)19-13-21-17(11-16-9-5-6-10-18(16)21)12-20(19)15-7-3-4-8-15;1-3-2;;;/h3-7,9-10,13-14H,8,11H2,1-2H3;1-2H3;2*1H;/q;;;;+2/p-2. The van der Waals surface area contributed by atoms with Crippen LogP contribution in [0.25, 0.3) is 16.7 Å². The van der Waals surface area contributed by atoms with E-state index in [0.717, 1.165) is 12.8 Å². The minimum absolute atomic E-state index is 0. The second kappa shape index (κ2) is 9.17. The van der Waals surface area contributed by atoms with Gasteiger partial charge in [-0.25, -0.2) is 0 Å². The van der Waals surface area contributed by atoms with Crippen molar-refractivity contribution in [2.24, 2.45) is 0 Å². The van der Waals surface area contributed by atoms with E-state index >= 15 is 0 Å². The molecule has 0 atom stereocenters. The normalized spacial score (nSPS) is 13.3. The Hall–Kier alpha value is -0.747. The maximum absolute atomic E-state index is 2.52. The summed E-state index contributed by atoms with van der Waals surface area (Å²) in [6.07, 6.45) is 9.11.